The van der Waals surface area contributed by atoms with Gasteiger partial charge in [0.15, 0.2) is 0 Å². The molecule has 0 unspecified atom stereocenters. The van der Waals surface area contributed by atoms with Crippen LogP contribution in [0.2, 0.25) is 0 Å². The average Bonchev–Trinajstić information content (AvgIpc) is 2.84. The Hall–Kier alpha value is -3.23. The first-order chi connectivity index (χ1) is 15.5. The predicted molar refractivity (Wildman–Crippen MR) is 122 cm³/mol. The largest absolute Gasteiger partial charge is 0.488 e. The van der Waals surface area contributed by atoms with E-state index in [4.69, 9.17) is 4.74 Å². The summed E-state index contributed by atoms with van der Waals surface area (Å²) in [5.74, 6) is -0.149. The molecule has 0 spiro atoms. The maximum Gasteiger partial charge on any atom is 0.259 e. The molecule has 0 radical (unpaired) electrons. The van der Waals surface area contributed by atoms with Crippen LogP contribution in [0.5, 0.6) is 5.75 Å². The number of pyridine rings is 1. The molecule has 1 aliphatic heterocycles. The summed E-state index contributed by atoms with van der Waals surface area (Å²) >= 11 is 0. The van der Waals surface area contributed by atoms with Crippen LogP contribution in [0.25, 0.3) is 0 Å². The number of ether oxygens (including phenoxy) is 1. The summed E-state index contributed by atoms with van der Waals surface area (Å²) in [6, 6.07) is 17.4. The van der Waals surface area contributed by atoms with E-state index < -0.39 is 15.9 Å². The number of aromatic nitrogens is 1. The van der Waals surface area contributed by atoms with Gasteiger partial charge in [-0.1, -0.05) is 36.8 Å². The van der Waals surface area contributed by atoms with E-state index in [2.05, 4.69) is 10.3 Å². The standard InChI is InChI=1S/C24H25N3O4S/c28-24(26-20-10-7-13-25-17-20)22-16-21(32(29,30)27-14-5-2-6-15-27)11-12-23(22)31-18-19-8-3-1-4-9-19/h1,3-4,7-13,16-17H,2,5-6,14-15,18H2,(H,26,28). The molecule has 8 heteroatoms. The third-order valence-electron chi connectivity index (χ3n) is 5.31. The molecule has 1 saturated heterocycles. The number of amides is 1. The van der Waals surface area contributed by atoms with Gasteiger partial charge in [-0.25, -0.2) is 8.42 Å². The molecule has 1 amide bonds. The van der Waals surface area contributed by atoms with E-state index in [-0.39, 0.29) is 17.1 Å². The molecule has 4 rings (SSSR count). The smallest absolute Gasteiger partial charge is 0.259 e. The average molecular weight is 452 g/mol. The molecule has 2 aromatic carbocycles. The normalized spacial score (nSPS) is 14.6. The van der Waals surface area contributed by atoms with Crippen molar-refractivity contribution in [3.05, 3.63) is 84.2 Å². The lowest BCUT2D eigenvalue weighted by molar-refractivity contribution is 0.102. The molecule has 1 aliphatic rings. The van der Waals surface area contributed by atoms with Gasteiger partial charge in [0.05, 0.1) is 22.3 Å². The monoisotopic (exact) mass is 451 g/mol. The number of nitrogens with zero attached hydrogens (tertiary/aromatic N) is 2. The SMILES string of the molecule is O=C(Nc1cccnc1)c1cc(S(=O)(=O)N2CCCCC2)ccc1OCc1ccccc1. The van der Waals surface area contributed by atoms with Crippen LogP contribution in [0, 0.1) is 0 Å². The van der Waals surface area contributed by atoms with Gasteiger partial charge in [0.2, 0.25) is 10.0 Å². The second kappa shape index (κ2) is 9.93. The van der Waals surface area contributed by atoms with Crippen LogP contribution in [0.1, 0.15) is 35.2 Å². The Morgan fingerprint density at radius 3 is 2.50 bits per heavy atom. The molecule has 32 heavy (non-hydrogen) atoms. The summed E-state index contributed by atoms with van der Waals surface area (Å²) in [6.07, 6.45) is 5.83. The van der Waals surface area contributed by atoms with Gasteiger partial charge >= 0.3 is 0 Å². The van der Waals surface area contributed by atoms with Gasteiger partial charge in [-0.05, 0) is 48.7 Å². The Labute approximate surface area is 188 Å². The minimum Gasteiger partial charge on any atom is -0.488 e. The molecule has 1 N–H and O–H groups in total. The van der Waals surface area contributed by atoms with Crippen LogP contribution in [-0.4, -0.2) is 36.7 Å². The van der Waals surface area contributed by atoms with Crippen LogP contribution >= 0.6 is 0 Å². The number of benzene rings is 2. The zero-order valence-electron chi connectivity index (χ0n) is 17.6. The van der Waals surface area contributed by atoms with Crippen molar-refractivity contribution in [2.24, 2.45) is 0 Å². The quantitative estimate of drug-likeness (QED) is 0.585. The highest BCUT2D eigenvalue weighted by Crippen LogP contribution is 2.28. The highest BCUT2D eigenvalue weighted by molar-refractivity contribution is 7.89. The maximum absolute atomic E-state index is 13.2. The van der Waals surface area contributed by atoms with Crippen molar-refractivity contribution < 1.29 is 17.9 Å². The van der Waals surface area contributed by atoms with E-state index in [0.29, 0.717) is 24.5 Å². The van der Waals surface area contributed by atoms with E-state index >= 15 is 0 Å². The van der Waals surface area contributed by atoms with E-state index in [1.54, 1.807) is 24.4 Å². The molecule has 166 valence electrons. The predicted octanol–water partition coefficient (Wildman–Crippen LogP) is 4.09. The van der Waals surface area contributed by atoms with Crippen molar-refractivity contribution >= 4 is 21.6 Å². The Balaban J connectivity index is 1.65. The number of carbonyl (C=O) groups excluding carboxylic acids is 1. The van der Waals surface area contributed by atoms with Crippen LogP contribution < -0.4 is 10.1 Å². The van der Waals surface area contributed by atoms with Crippen molar-refractivity contribution in [2.45, 2.75) is 30.8 Å². The van der Waals surface area contributed by atoms with Crippen molar-refractivity contribution in [3.63, 3.8) is 0 Å². The summed E-state index contributed by atoms with van der Waals surface area (Å²) in [5.41, 5.74) is 1.61. The number of anilines is 1. The fourth-order valence-electron chi connectivity index (χ4n) is 3.60. The zero-order valence-corrected chi connectivity index (χ0v) is 18.4. The van der Waals surface area contributed by atoms with Gasteiger partial charge < -0.3 is 10.1 Å². The van der Waals surface area contributed by atoms with Gasteiger partial charge in [-0.2, -0.15) is 4.31 Å². The minimum absolute atomic E-state index is 0.0859. The lowest BCUT2D eigenvalue weighted by Gasteiger charge is -2.26. The fraction of sp³-hybridized carbons (Fsp3) is 0.250. The van der Waals surface area contributed by atoms with Gasteiger partial charge in [0.1, 0.15) is 12.4 Å². The van der Waals surface area contributed by atoms with E-state index in [1.807, 2.05) is 30.3 Å². The third-order valence-corrected chi connectivity index (χ3v) is 7.20. The second-order valence-electron chi connectivity index (χ2n) is 7.59. The zero-order chi connectivity index (χ0) is 22.4. The van der Waals surface area contributed by atoms with E-state index in [1.165, 1.54) is 22.6 Å². The molecule has 0 saturated carbocycles. The lowest BCUT2D eigenvalue weighted by Crippen LogP contribution is -2.35. The van der Waals surface area contributed by atoms with E-state index in [9.17, 15) is 13.2 Å². The molecule has 3 aromatic rings. The fourth-order valence-corrected chi connectivity index (χ4v) is 5.14. The van der Waals surface area contributed by atoms with Crippen LogP contribution in [-0.2, 0) is 16.6 Å². The number of carbonyl (C=O) groups is 1. The first kappa shape index (κ1) is 22.0. The van der Waals surface area contributed by atoms with Gasteiger partial charge in [0.25, 0.3) is 5.91 Å². The van der Waals surface area contributed by atoms with Crippen molar-refractivity contribution in [1.29, 1.82) is 0 Å². The molecule has 2 heterocycles. The number of hydrogen-bond donors (Lipinski definition) is 1. The lowest BCUT2D eigenvalue weighted by atomic mass is 10.1. The maximum atomic E-state index is 13.2. The summed E-state index contributed by atoms with van der Waals surface area (Å²) < 4.78 is 33.7. The Morgan fingerprint density at radius 1 is 1.00 bits per heavy atom. The molecule has 0 atom stereocenters. The van der Waals surface area contributed by atoms with Gasteiger partial charge in [-0.15, -0.1) is 0 Å². The summed E-state index contributed by atoms with van der Waals surface area (Å²) in [4.78, 5) is 17.2. The molecule has 7 nitrogen and oxygen atoms in total. The molecule has 0 aliphatic carbocycles. The molecule has 0 bridgehead atoms. The van der Waals surface area contributed by atoms with Crippen molar-refractivity contribution in [2.75, 3.05) is 18.4 Å². The number of sulfonamides is 1. The Kier molecular flexibility index (Phi) is 6.82. The first-order valence-corrected chi connectivity index (χ1v) is 12.0. The van der Waals surface area contributed by atoms with Gasteiger partial charge in [-0.3, -0.25) is 9.78 Å². The summed E-state index contributed by atoms with van der Waals surface area (Å²) in [7, 11) is -3.69. The summed E-state index contributed by atoms with van der Waals surface area (Å²) in [6.45, 7) is 1.24. The van der Waals surface area contributed by atoms with Crippen molar-refractivity contribution in [1.82, 2.24) is 9.29 Å². The minimum atomic E-state index is -3.69. The summed E-state index contributed by atoms with van der Waals surface area (Å²) in [5, 5.41) is 2.77. The number of hydrogen-bond acceptors (Lipinski definition) is 5. The van der Waals surface area contributed by atoms with Crippen LogP contribution in [0.15, 0.2) is 78.0 Å². The molecular weight excluding hydrogens is 426 g/mol. The first-order valence-electron chi connectivity index (χ1n) is 10.6. The van der Waals surface area contributed by atoms with E-state index in [0.717, 1.165) is 24.8 Å². The third kappa shape index (κ3) is 5.15. The Morgan fingerprint density at radius 2 is 1.78 bits per heavy atom. The Bertz CT molecular complexity index is 1160. The van der Waals surface area contributed by atoms with Crippen molar-refractivity contribution in [3.8, 4) is 5.75 Å². The molecule has 1 aromatic heterocycles. The second-order valence-corrected chi connectivity index (χ2v) is 9.53. The van der Waals surface area contributed by atoms with Crippen LogP contribution in [0.4, 0.5) is 5.69 Å². The number of piperidine rings is 1. The van der Waals surface area contributed by atoms with Gasteiger partial charge in [0, 0.05) is 19.3 Å². The topological polar surface area (TPSA) is 88.6 Å². The molecular formula is C24H25N3O4S. The molecule has 1 fully saturated rings. The number of nitrogens with one attached hydrogen (secondary N) is 1. The highest BCUT2D eigenvalue weighted by Gasteiger charge is 2.28. The number of rotatable bonds is 7. The highest BCUT2D eigenvalue weighted by atomic mass is 32.2. The van der Waals surface area contributed by atoms with Crippen LogP contribution in [0.3, 0.4) is 0 Å².